The summed E-state index contributed by atoms with van der Waals surface area (Å²) >= 11 is 0. The van der Waals surface area contributed by atoms with E-state index in [-0.39, 0.29) is 31.3 Å². The molecule has 1 aromatic rings. The van der Waals surface area contributed by atoms with Crippen LogP contribution in [0.15, 0.2) is 10.7 Å². The van der Waals surface area contributed by atoms with Crippen molar-refractivity contribution < 1.29 is 29.0 Å². The number of rotatable bonds is 4. The van der Waals surface area contributed by atoms with E-state index < -0.39 is 24.1 Å². The zero-order valence-electron chi connectivity index (χ0n) is 10.3. The normalized spacial score (nSPS) is 22.5. The number of nitrogens with zero attached hydrogens (tertiary/aromatic N) is 2. The van der Waals surface area contributed by atoms with Crippen molar-refractivity contribution in [2.45, 2.75) is 25.5 Å². The van der Waals surface area contributed by atoms with Gasteiger partial charge in [-0.15, -0.1) is 0 Å². The van der Waals surface area contributed by atoms with E-state index >= 15 is 0 Å². The van der Waals surface area contributed by atoms with Gasteiger partial charge in [0.2, 0.25) is 0 Å². The predicted octanol–water partition coefficient (Wildman–Crippen LogP) is -0.125. The predicted molar refractivity (Wildman–Crippen MR) is 61.9 cm³/mol. The highest BCUT2D eigenvalue weighted by Crippen LogP contribution is 2.25. The summed E-state index contributed by atoms with van der Waals surface area (Å²) in [5.74, 6) is -1.71. The van der Waals surface area contributed by atoms with Crippen LogP contribution >= 0.6 is 0 Å². The second kappa shape index (κ2) is 5.27. The van der Waals surface area contributed by atoms with Gasteiger partial charge in [-0.2, -0.15) is 4.98 Å². The minimum Gasteiger partial charge on any atom is -0.480 e. The molecule has 1 fully saturated rings. The van der Waals surface area contributed by atoms with Gasteiger partial charge in [-0.25, -0.2) is 9.59 Å². The molecule has 1 saturated heterocycles. The van der Waals surface area contributed by atoms with Crippen molar-refractivity contribution in [3.05, 3.63) is 12.0 Å². The number of carbonyl (C=O) groups is 2. The van der Waals surface area contributed by atoms with Gasteiger partial charge in [0.1, 0.15) is 12.3 Å². The number of aliphatic hydroxyl groups excluding tert-OH is 1. The van der Waals surface area contributed by atoms with E-state index in [4.69, 9.17) is 14.3 Å². The Morgan fingerprint density at radius 3 is 3.00 bits per heavy atom. The summed E-state index contributed by atoms with van der Waals surface area (Å²) in [5, 5.41) is 18.6. The molecule has 2 N–H and O–H groups in total. The molecule has 2 heterocycles. The molecule has 0 aromatic carbocycles. The summed E-state index contributed by atoms with van der Waals surface area (Å²) in [6.07, 6.45) is 0.433. The molecule has 0 amide bonds. The van der Waals surface area contributed by atoms with Gasteiger partial charge in [0.15, 0.2) is 5.69 Å². The largest absolute Gasteiger partial charge is 0.480 e. The first-order chi connectivity index (χ1) is 9.02. The molecule has 0 aliphatic carbocycles. The van der Waals surface area contributed by atoms with Crippen molar-refractivity contribution in [3.8, 4) is 0 Å². The van der Waals surface area contributed by atoms with E-state index in [2.05, 4.69) is 4.98 Å². The van der Waals surface area contributed by atoms with Crippen molar-refractivity contribution in [2.24, 2.45) is 0 Å². The Balaban J connectivity index is 2.17. The number of hydrogen-bond acceptors (Lipinski definition) is 7. The highest BCUT2D eigenvalue weighted by Gasteiger charge is 2.38. The van der Waals surface area contributed by atoms with Gasteiger partial charge in [0, 0.05) is 13.0 Å². The molecule has 0 saturated carbocycles. The molecule has 2 unspecified atom stereocenters. The maximum absolute atomic E-state index is 11.4. The first-order valence-corrected chi connectivity index (χ1v) is 5.83. The average molecular weight is 270 g/mol. The molecule has 2 atom stereocenters. The van der Waals surface area contributed by atoms with E-state index in [0.717, 1.165) is 6.26 Å². The SMILES string of the molecule is CCOC(=O)c1coc(N2CC(O)CC2C(=O)O)n1. The Kier molecular flexibility index (Phi) is 3.70. The minimum atomic E-state index is -1.08. The van der Waals surface area contributed by atoms with Gasteiger partial charge in [-0.05, 0) is 6.92 Å². The van der Waals surface area contributed by atoms with Gasteiger partial charge in [-0.3, -0.25) is 0 Å². The Bertz CT molecular complexity index is 485. The Labute approximate surface area is 108 Å². The number of anilines is 1. The molecule has 19 heavy (non-hydrogen) atoms. The van der Waals surface area contributed by atoms with Crippen LogP contribution in [0.1, 0.15) is 23.8 Å². The summed E-state index contributed by atoms with van der Waals surface area (Å²) in [4.78, 5) is 27.7. The third kappa shape index (κ3) is 2.68. The monoisotopic (exact) mass is 270 g/mol. The van der Waals surface area contributed by atoms with Crippen LogP contribution in [-0.2, 0) is 9.53 Å². The zero-order valence-corrected chi connectivity index (χ0v) is 10.3. The van der Waals surface area contributed by atoms with Crippen LogP contribution in [0, 0.1) is 0 Å². The van der Waals surface area contributed by atoms with Gasteiger partial charge < -0.3 is 24.3 Å². The van der Waals surface area contributed by atoms with Crippen molar-refractivity contribution in [2.75, 3.05) is 18.1 Å². The highest BCUT2D eigenvalue weighted by molar-refractivity contribution is 5.87. The molecule has 104 valence electrons. The van der Waals surface area contributed by atoms with Gasteiger partial charge in [-0.1, -0.05) is 0 Å². The lowest BCUT2D eigenvalue weighted by atomic mass is 10.2. The number of aliphatic carboxylic acids is 1. The average Bonchev–Trinajstić information content (AvgIpc) is 2.95. The van der Waals surface area contributed by atoms with Crippen LogP contribution in [-0.4, -0.2) is 52.4 Å². The molecule has 0 bridgehead atoms. The standard InChI is InChI=1S/C11H14N2O6/c1-2-18-10(17)7-5-19-11(12-7)13-4-6(14)3-8(13)9(15)16/h5-6,8,14H,2-4H2,1H3,(H,15,16). The topological polar surface area (TPSA) is 113 Å². The molecular formula is C11H14N2O6. The Morgan fingerprint density at radius 2 is 2.37 bits per heavy atom. The summed E-state index contributed by atoms with van der Waals surface area (Å²) < 4.78 is 9.84. The number of oxazole rings is 1. The van der Waals surface area contributed by atoms with Gasteiger partial charge in [0.25, 0.3) is 6.01 Å². The van der Waals surface area contributed by atoms with E-state index in [9.17, 15) is 14.7 Å². The smallest absolute Gasteiger partial charge is 0.360 e. The second-order valence-corrected chi connectivity index (χ2v) is 4.13. The maximum atomic E-state index is 11.4. The zero-order chi connectivity index (χ0) is 14.0. The number of carbonyl (C=O) groups excluding carboxylic acids is 1. The van der Waals surface area contributed by atoms with Crippen LogP contribution in [0.3, 0.4) is 0 Å². The highest BCUT2D eigenvalue weighted by atomic mass is 16.5. The number of aliphatic hydroxyl groups is 1. The van der Waals surface area contributed by atoms with E-state index in [0.29, 0.717) is 0 Å². The molecule has 8 nitrogen and oxygen atoms in total. The quantitative estimate of drug-likeness (QED) is 0.728. The first kappa shape index (κ1) is 13.3. The molecule has 2 rings (SSSR count). The molecule has 8 heteroatoms. The van der Waals surface area contributed by atoms with Gasteiger partial charge in [0.05, 0.1) is 12.7 Å². The third-order valence-electron chi connectivity index (χ3n) is 2.79. The lowest BCUT2D eigenvalue weighted by molar-refractivity contribution is -0.138. The summed E-state index contributed by atoms with van der Waals surface area (Å²) in [6.45, 7) is 1.97. The van der Waals surface area contributed by atoms with Gasteiger partial charge >= 0.3 is 11.9 Å². The summed E-state index contributed by atoms with van der Waals surface area (Å²) in [7, 11) is 0. The van der Waals surface area contributed by atoms with Crippen LogP contribution < -0.4 is 4.90 Å². The fourth-order valence-corrected chi connectivity index (χ4v) is 1.95. The summed E-state index contributed by atoms with van der Waals surface area (Å²) in [5.41, 5.74) is -0.0256. The lowest BCUT2D eigenvalue weighted by Gasteiger charge is -2.18. The fraction of sp³-hybridized carbons (Fsp3) is 0.545. The molecule has 1 aliphatic heterocycles. The van der Waals surface area contributed by atoms with E-state index in [1.807, 2.05) is 0 Å². The lowest BCUT2D eigenvalue weighted by Crippen LogP contribution is -2.36. The number of hydrogen-bond donors (Lipinski definition) is 2. The van der Waals surface area contributed by atoms with E-state index in [1.54, 1.807) is 6.92 Å². The van der Waals surface area contributed by atoms with Crippen LogP contribution in [0.4, 0.5) is 6.01 Å². The second-order valence-electron chi connectivity index (χ2n) is 4.13. The fourth-order valence-electron chi connectivity index (χ4n) is 1.95. The van der Waals surface area contributed by atoms with Crippen molar-refractivity contribution in [1.82, 2.24) is 4.98 Å². The first-order valence-electron chi connectivity index (χ1n) is 5.83. The van der Waals surface area contributed by atoms with Crippen LogP contribution in [0.25, 0.3) is 0 Å². The Hall–Kier alpha value is -2.09. The van der Waals surface area contributed by atoms with Crippen LogP contribution in [0.2, 0.25) is 0 Å². The maximum Gasteiger partial charge on any atom is 0.360 e. The van der Waals surface area contributed by atoms with Crippen molar-refractivity contribution in [1.29, 1.82) is 0 Å². The Morgan fingerprint density at radius 1 is 1.63 bits per heavy atom. The number of ether oxygens (including phenoxy) is 1. The molecule has 1 aromatic heterocycles. The van der Waals surface area contributed by atoms with Crippen molar-refractivity contribution in [3.63, 3.8) is 0 Å². The molecule has 0 radical (unpaired) electrons. The molecule has 1 aliphatic rings. The molecule has 0 spiro atoms. The number of esters is 1. The number of carboxylic acids is 1. The number of aromatic nitrogens is 1. The van der Waals surface area contributed by atoms with Crippen LogP contribution in [0.5, 0.6) is 0 Å². The number of β-amino-alcohol motifs (C(OH)–C–C–N with tert-alkyl or cyclic N) is 1. The minimum absolute atomic E-state index is 0.00740. The summed E-state index contributed by atoms with van der Waals surface area (Å²) in [6, 6.07) is -0.921. The van der Waals surface area contributed by atoms with Crippen molar-refractivity contribution >= 4 is 18.0 Å². The number of carboxylic acid groups (broad SMARTS) is 1. The molecular weight excluding hydrogens is 256 g/mol. The van der Waals surface area contributed by atoms with E-state index in [1.165, 1.54) is 4.90 Å². The third-order valence-corrected chi connectivity index (χ3v) is 2.79.